The van der Waals surface area contributed by atoms with Crippen molar-refractivity contribution >= 4 is 11.9 Å². The lowest BCUT2D eigenvalue weighted by Gasteiger charge is -2.22. The monoisotopic (exact) mass is 1140 g/mol. The molecule has 0 aliphatic rings. The van der Waals surface area contributed by atoms with E-state index < -0.39 is 12.1 Å². The molecule has 0 saturated carbocycles. The quantitative estimate of drug-likeness (QED) is 0.0320. The Kier molecular flexibility index (Phi) is 69.4. The van der Waals surface area contributed by atoms with Gasteiger partial charge in [0, 0.05) is 12.8 Å². The van der Waals surface area contributed by atoms with Crippen molar-refractivity contribution in [3.05, 3.63) is 24.3 Å². The number of carbonyl (C=O) groups excluding carboxylic acids is 2. The van der Waals surface area contributed by atoms with Crippen molar-refractivity contribution in [1.82, 2.24) is 5.32 Å². The molecule has 2 atom stereocenters. The van der Waals surface area contributed by atoms with Crippen LogP contribution in [0, 0.1) is 0 Å². The molecule has 0 spiro atoms. The smallest absolute Gasteiger partial charge is 0.305 e. The molecule has 6 nitrogen and oxygen atoms in total. The second-order valence-electron chi connectivity index (χ2n) is 25.6. The lowest BCUT2D eigenvalue weighted by molar-refractivity contribution is -0.143. The van der Waals surface area contributed by atoms with Crippen LogP contribution in [0.5, 0.6) is 0 Å². The fourth-order valence-electron chi connectivity index (χ4n) is 11.9. The normalized spacial score (nSPS) is 12.6. The third-order valence-electron chi connectivity index (χ3n) is 17.5. The Balaban J connectivity index is 3.32. The van der Waals surface area contributed by atoms with Crippen molar-refractivity contribution in [2.75, 3.05) is 13.2 Å². The van der Waals surface area contributed by atoms with E-state index in [1.54, 1.807) is 0 Å². The average Bonchev–Trinajstić information content (AvgIpc) is 3.47. The Hall–Kier alpha value is -1.66. The standard InChI is InChI=1S/C75H145NO5/c1-3-5-7-9-11-13-15-17-19-35-39-43-47-51-55-59-63-67-73(78)72(71-77)76-74(79)68-64-60-56-52-48-44-40-37-33-31-29-27-25-23-21-22-24-26-28-30-32-34-38-42-46-50-54-58-62-66-70-81-75(80)69-65-61-57-53-49-45-41-36-20-18-16-14-12-10-8-6-4-2/h12,14,18,20,72-73,77-78H,3-11,13,15-17,19,21-71H2,1-2H3,(H,76,79)/b14-12-,20-18-. The van der Waals surface area contributed by atoms with Gasteiger partial charge in [-0.2, -0.15) is 0 Å². The molecule has 2 unspecified atom stereocenters. The summed E-state index contributed by atoms with van der Waals surface area (Å²) in [5.74, 6) is -0.0140. The molecular weight excluding hydrogens is 995 g/mol. The largest absolute Gasteiger partial charge is 0.466 e. The lowest BCUT2D eigenvalue weighted by Crippen LogP contribution is -2.45. The van der Waals surface area contributed by atoms with Gasteiger partial charge < -0.3 is 20.3 Å². The summed E-state index contributed by atoms with van der Waals surface area (Å²) >= 11 is 0. The highest BCUT2D eigenvalue weighted by Gasteiger charge is 2.20. The van der Waals surface area contributed by atoms with Crippen LogP contribution < -0.4 is 5.32 Å². The van der Waals surface area contributed by atoms with Gasteiger partial charge in [-0.3, -0.25) is 9.59 Å². The Bertz CT molecular complexity index is 1270. The summed E-state index contributed by atoms with van der Waals surface area (Å²) in [5, 5.41) is 23.4. The van der Waals surface area contributed by atoms with Gasteiger partial charge in [-0.05, 0) is 57.8 Å². The van der Waals surface area contributed by atoms with Gasteiger partial charge >= 0.3 is 5.97 Å². The molecule has 0 bridgehead atoms. The van der Waals surface area contributed by atoms with Crippen LogP contribution in [0.15, 0.2) is 24.3 Å². The second-order valence-corrected chi connectivity index (χ2v) is 25.6. The Labute approximate surface area is 507 Å². The topological polar surface area (TPSA) is 95.9 Å². The first-order chi connectivity index (χ1) is 40.0. The fraction of sp³-hybridized carbons (Fsp3) is 0.920. The highest BCUT2D eigenvalue weighted by Crippen LogP contribution is 2.20. The maximum Gasteiger partial charge on any atom is 0.305 e. The number of hydrogen-bond acceptors (Lipinski definition) is 5. The van der Waals surface area contributed by atoms with Crippen molar-refractivity contribution in [3.8, 4) is 0 Å². The first kappa shape index (κ1) is 79.3. The van der Waals surface area contributed by atoms with Crippen molar-refractivity contribution in [1.29, 1.82) is 0 Å². The molecule has 0 heterocycles. The van der Waals surface area contributed by atoms with E-state index in [1.165, 1.54) is 334 Å². The summed E-state index contributed by atoms with van der Waals surface area (Å²) in [5.41, 5.74) is 0. The predicted molar refractivity (Wildman–Crippen MR) is 356 cm³/mol. The maximum absolute atomic E-state index is 12.5. The minimum absolute atomic E-state index is 0.0131. The average molecular weight is 1140 g/mol. The van der Waals surface area contributed by atoms with Crippen molar-refractivity contribution in [2.45, 2.75) is 431 Å². The molecule has 0 rings (SSSR count). The van der Waals surface area contributed by atoms with Gasteiger partial charge in [0.25, 0.3) is 0 Å². The van der Waals surface area contributed by atoms with Gasteiger partial charge in [0.15, 0.2) is 0 Å². The van der Waals surface area contributed by atoms with Crippen molar-refractivity contribution in [2.24, 2.45) is 0 Å². The van der Waals surface area contributed by atoms with E-state index in [0.29, 0.717) is 25.9 Å². The van der Waals surface area contributed by atoms with Gasteiger partial charge in [0.2, 0.25) is 5.91 Å². The van der Waals surface area contributed by atoms with Crippen LogP contribution in [0.1, 0.15) is 418 Å². The zero-order valence-electron chi connectivity index (χ0n) is 55.0. The molecule has 0 fully saturated rings. The number of esters is 1. The molecule has 0 aliphatic carbocycles. The molecule has 0 radical (unpaired) electrons. The molecule has 0 aromatic heterocycles. The molecule has 0 aliphatic heterocycles. The van der Waals surface area contributed by atoms with E-state index in [-0.39, 0.29) is 18.5 Å². The summed E-state index contributed by atoms with van der Waals surface area (Å²) in [6, 6.07) is -0.538. The fourth-order valence-corrected chi connectivity index (χ4v) is 11.9. The van der Waals surface area contributed by atoms with Gasteiger partial charge in [-0.25, -0.2) is 0 Å². The number of nitrogens with one attached hydrogen (secondary N) is 1. The molecule has 6 heteroatoms. The van der Waals surface area contributed by atoms with Gasteiger partial charge in [0.1, 0.15) is 0 Å². The van der Waals surface area contributed by atoms with Gasteiger partial charge in [-0.15, -0.1) is 0 Å². The summed E-state index contributed by atoms with van der Waals surface area (Å²) < 4.78 is 5.50. The first-order valence-corrected chi connectivity index (χ1v) is 37.1. The number of carbonyl (C=O) groups is 2. The maximum atomic E-state index is 12.5. The third-order valence-corrected chi connectivity index (χ3v) is 17.5. The number of hydrogen-bond donors (Lipinski definition) is 3. The van der Waals surface area contributed by atoms with E-state index in [0.717, 1.165) is 51.4 Å². The number of unbranched alkanes of at least 4 members (excludes halogenated alkanes) is 55. The van der Waals surface area contributed by atoms with Crippen molar-refractivity contribution < 1.29 is 24.5 Å². The van der Waals surface area contributed by atoms with Crippen LogP contribution in [0.4, 0.5) is 0 Å². The minimum Gasteiger partial charge on any atom is -0.466 e. The van der Waals surface area contributed by atoms with Crippen LogP contribution in [-0.4, -0.2) is 47.4 Å². The van der Waals surface area contributed by atoms with Crippen LogP contribution >= 0.6 is 0 Å². The predicted octanol–water partition coefficient (Wildman–Crippen LogP) is 24.1. The lowest BCUT2D eigenvalue weighted by atomic mass is 10.0. The van der Waals surface area contributed by atoms with E-state index in [4.69, 9.17) is 4.74 Å². The Morgan fingerprint density at radius 3 is 0.963 bits per heavy atom. The van der Waals surface area contributed by atoms with E-state index in [9.17, 15) is 19.8 Å². The number of rotatable bonds is 70. The Morgan fingerprint density at radius 2 is 0.617 bits per heavy atom. The van der Waals surface area contributed by atoms with Gasteiger partial charge in [0.05, 0.1) is 25.4 Å². The number of amides is 1. The summed E-state index contributed by atoms with van der Waals surface area (Å²) in [7, 11) is 0. The first-order valence-electron chi connectivity index (χ1n) is 37.1. The summed E-state index contributed by atoms with van der Waals surface area (Å²) in [4.78, 5) is 24.6. The molecule has 480 valence electrons. The number of aliphatic hydroxyl groups excluding tert-OH is 2. The van der Waals surface area contributed by atoms with Gasteiger partial charge in [-0.1, -0.05) is 372 Å². The van der Waals surface area contributed by atoms with Crippen LogP contribution in [-0.2, 0) is 14.3 Å². The number of aliphatic hydroxyl groups is 2. The third kappa shape index (κ3) is 67.3. The van der Waals surface area contributed by atoms with E-state index in [1.807, 2.05) is 0 Å². The molecule has 0 saturated heterocycles. The van der Waals surface area contributed by atoms with Crippen LogP contribution in [0.25, 0.3) is 0 Å². The highest BCUT2D eigenvalue weighted by molar-refractivity contribution is 5.76. The Morgan fingerprint density at radius 1 is 0.346 bits per heavy atom. The van der Waals surface area contributed by atoms with Crippen molar-refractivity contribution in [3.63, 3.8) is 0 Å². The number of ether oxygens (including phenoxy) is 1. The SMILES string of the molecule is CCCCC/C=C\C/C=C\CCCCCCCCCC(=O)OCCCCCCCCCCCCCCCCCCCCCCCCCCCCCCCCC(=O)NC(CO)C(O)CCCCCCCCCCCCCCCCCCC. The summed E-state index contributed by atoms with van der Waals surface area (Å²) in [6.07, 6.45) is 89.6. The molecule has 81 heavy (non-hydrogen) atoms. The number of allylic oxidation sites excluding steroid dienone is 4. The molecular formula is C75H145NO5. The second kappa shape index (κ2) is 70.8. The molecule has 1 amide bonds. The molecule has 0 aromatic rings. The summed E-state index contributed by atoms with van der Waals surface area (Å²) in [6.45, 7) is 4.97. The highest BCUT2D eigenvalue weighted by atomic mass is 16.5. The zero-order chi connectivity index (χ0) is 58.5. The molecule has 3 N–H and O–H groups in total. The molecule has 0 aromatic carbocycles. The van der Waals surface area contributed by atoms with E-state index in [2.05, 4.69) is 43.5 Å². The zero-order valence-corrected chi connectivity index (χ0v) is 55.0. The van der Waals surface area contributed by atoms with E-state index >= 15 is 0 Å². The minimum atomic E-state index is -0.662. The van der Waals surface area contributed by atoms with Crippen LogP contribution in [0.3, 0.4) is 0 Å². The van der Waals surface area contributed by atoms with Crippen LogP contribution in [0.2, 0.25) is 0 Å².